The summed E-state index contributed by atoms with van der Waals surface area (Å²) in [6, 6.07) is 4.42. The van der Waals surface area contributed by atoms with E-state index in [0.29, 0.717) is 36.9 Å². The molecule has 160 valence electrons. The molecule has 1 saturated heterocycles. The lowest BCUT2D eigenvalue weighted by molar-refractivity contribution is -0.140. The van der Waals surface area contributed by atoms with E-state index in [1.165, 1.54) is 6.42 Å². The topological polar surface area (TPSA) is 84.7 Å². The number of nitrogens with one attached hydrogen (secondary N) is 1. The molecule has 0 bridgehead atoms. The molecule has 0 aromatic heterocycles. The minimum Gasteiger partial charge on any atom is -0.494 e. The van der Waals surface area contributed by atoms with Crippen molar-refractivity contribution in [3.05, 3.63) is 28.8 Å². The van der Waals surface area contributed by atoms with E-state index in [0.717, 1.165) is 37.7 Å². The second-order valence-corrected chi connectivity index (χ2v) is 8.45. The minimum absolute atomic E-state index is 0.0766. The lowest BCUT2D eigenvalue weighted by atomic mass is 9.83. The van der Waals surface area contributed by atoms with E-state index in [4.69, 9.17) is 22.1 Å². The van der Waals surface area contributed by atoms with Crippen LogP contribution in [0.25, 0.3) is 0 Å². The van der Waals surface area contributed by atoms with Crippen molar-refractivity contribution in [1.29, 1.82) is 0 Å². The Balaban J connectivity index is 1.61. The molecule has 7 heteroatoms. The highest BCUT2D eigenvalue weighted by Gasteiger charge is 2.38. The Morgan fingerprint density at radius 1 is 1.24 bits per heavy atom. The summed E-state index contributed by atoms with van der Waals surface area (Å²) in [5, 5.41) is 3.55. The zero-order chi connectivity index (χ0) is 20.8. The number of likely N-dealkylation sites (tertiary alicyclic amines) is 1. The van der Waals surface area contributed by atoms with Gasteiger partial charge in [0.1, 0.15) is 11.8 Å². The molecule has 1 aliphatic heterocycles. The van der Waals surface area contributed by atoms with Gasteiger partial charge in [0.15, 0.2) is 0 Å². The number of carbonyl (C=O) groups is 2. The molecule has 2 aliphatic rings. The average molecular weight is 422 g/mol. The van der Waals surface area contributed by atoms with Crippen LogP contribution in [0.15, 0.2) is 18.2 Å². The van der Waals surface area contributed by atoms with E-state index in [2.05, 4.69) is 5.32 Å². The van der Waals surface area contributed by atoms with E-state index in [-0.39, 0.29) is 17.7 Å². The van der Waals surface area contributed by atoms with E-state index in [1.54, 1.807) is 17.0 Å². The quantitative estimate of drug-likeness (QED) is 0.707. The van der Waals surface area contributed by atoms with Gasteiger partial charge >= 0.3 is 0 Å². The van der Waals surface area contributed by atoms with Gasteiger partial charge in [0.25, 0.3) is 0 Å². The molecule has 0 spiro atoms. The summed E-state index contributed by atoms with van der Waals surface area (Å²) in [6.45, 7) is 3.35. The van der Waals surface area contributed by atoms with Gasteiger partial charge in [-0.15, -0.1) is 0 Å². The number of amides is 2. The maximum atomic E-state index is 13.0. The Hall–Kier alpha value is -1.79. The Morgan fingerprint density at radius 2 is 2.00 bits per heavy atom. The number of nitrogens with zero attached hydrogens (tertiary/aromatic N) is 1. The van der Waals surface area contributed by atoms with Crippen LogP contribution in [0.5, 0.6) is 5.75 Å². The monoisotopic (exact) mass is 421 g/mol. The van der Waals surface area contributed by atoms with Gasteiger partial charge in [0.2, 0.25) is 11.8 Å². The highest BCUT2D eigenvalue weighted by Crippen LogP contribution is 2.28. The Morgan fingerprint density at radius 3 is 2.72 bits per heavy atom. The number of ether oxygens (including phenoxy) is 1. The normalized spacial score (nSPS) is 21.1. The largest absolute Gasteiger partial charge is 0.494 e. The van der Waals surface area contributed by atoms with Crippen LogP contribution >= 0.6 is 11.6 Å². The number of halogens is 1. The molecular weight excluding hydrogens is 390 g/mol. The van der Waals surface area contributed by atoms with Gasteiger partial charge in [-0.25, -0.2) is 0 Å². The zero-order valence-corrected chi connectivity index (χ0v) is 17.9. The first-order chi connectivity index (χ1) is 14.0. The third kappa shape index (κ3) is 5.43. The molecular formula is C22H32ClN3O3. The predicted octanol–water partition coefficient (Wildman–Crippen LogP) is 3.25. The number of hydrogen-bond donors (Lipinski definition) is 2. The van der Waals surface area contributed by atoms with Crippen LogP contribution < -0.4 is 15.8 Å². The molecule has 29 heavy (non-hydrogen) atoms. The van der Waals surface area contributed by atoms with E-state index in [1.807, 2.05) is 13.0 Å². The van der Waals surface area contributed by atoms with Gasteiger partial charge in [-0.2, -0.15) is 0 Å². The van der Waals surface area contributed by atoms with Crippen LogP contribution in [0.4, 0.5) is 0 Å². The lowest BCUT2D eigenvalue weighted by Gasteiger charge is -2.32. The van der Waals surface area contributed by atoms with E-state index >= 15 is 0 Å². The standard InChI is InChI=1S/C22H32ClN3O3/c1-2-29-19-11-10-17(23)13-16(19)14-25-21(27)18-9-6-12-26(18)22(28)20(24)15-7-4-3-5-8-15/h10-11,13,15,18,20H,2-9,12,14,24H2,1H3,(H,25,27). The van der Waals surface area contributed by atoms with Gasteiger partial charge in [-0.1, -0.05) is 30.9 Å². The molecule has 3 rings (SSSR count). The SMILES string of the molecule is CCOc1ccc(Cl)cc1CNC(=O)C1CCCN1C(=O)C(N)C1CCCCC1. The fourth-order valence-corrected chi connectivity index (χ4v) is 4.67. The number of hydrogen-bond acceptors (Lipinski definition) is 4. The Bertz CT molecular complexity index is 721. The highest BCUT2D eigenvalue weighted by molar-refractivity contribution is 6.30. The van der Waals surface area contributed by atoms with Crippen molar-refractivity contribution in [2.45, 2.75) is 70.5 Å². The number of nitrogens with two attached hydrogens (primary N) is 1. The van der Waals surface area contributed by atoms with Gasteiger partial charge in [0, 0.05) is 23.7 Å². The van der Waals surface area contributed by atoms with Crippen LogP contribution in [-0.4, -0.2) is 41.9 Å². The lowest BCUT2D eigenvalue weighted by Crippen LogP contribution is -2.53. The predicted molar refractivity (Wildman–Crippen MR) is 114 cm³/mol. The van der Waals surface area contributed by atoms with Crippen molar-refractivity contribution in [2.24, 2.45) is 11.7 Å². The second kappa shape index (κ2) is 10.3. The van der Waals surface area contributed by atoms with Crippen molar-refractivity contribution in [3.63, 3.8) is 0 Å². The van der Waals surface area contributed by atoms with Crippen LogP contribution in [0.1, 0.15) is 57.4 Å². The summed E-state index contributed by atoms with van der Waals surface area (Å²) >= 11 is 6.10. The first-order valence-electron chi connectivity index (χ1n) is 10.8. The van der Waals surface area contributed by atoms with Gasteiger partial charge in [0.05, 0.1) is 12.6 Å². The minimum atomic E-state index is -0.499. The zero-order valence-electron chi connectivity index (χ0n) is 17.2. The maximum absolute atomic E-state index is 13.0. The van der Waals surface area contributed by atoms with Crippen LogP contribution in [0.3, 0.4) is 0 Å². The first-order valence-corrected chi connectivity index (χ1v) is 11.1. The van der Waals surface area contributed by atoms with Crippen LogP contribution in [0.2, 0.25) is 5.02 Å². The smallest absolute Gasteiger partial charge is 0.243 e. The third-order valence-corrected chi connectivity index (χ3v) is 6.29. The molecule has 1 aliphatic carbocycles. The summed E-state index contributed by atoms with van der Waals surface area (Å²) in [5.74, 6) is 0.720. The molecule has 6 nitrogen and oxygen atoms in total. The molecule has 2 unspecified atom stereocenters. The van der Waals surface area contributed by atoms with Crippen molar-refractivity contribution < 1.29 is 14.3 Å². The first kappa shape index (κ1) is 21.9. The number of carbonyl (C=O) groups excluding carboxylic acids is 2. The van der Waals surface area contributed by atoms with Crippen LogP contribution in [-0.2, 0) is 16.1 Å². The fraction of sp³-hybridized carbons (Fsp3) is 0.636. The van der Waals surface area contributed by atoms with Crippen molar-refractivity contribution >= 4 is 23.4 Å². The van der Waals surface area contributed by atoms with E-state index in [9.17, 15) is 9.59 Å². The summed E-state index contributed by atoms with van der Waals surface area (Å²) in [4.78, 5) is 27.6. The van der Waals surface area contributed by atoms with Crippen molar-refractivity contribution in [1.82, 2.24) is 10.2 Å². The molecule has 2 amide bonds. The van der Waals surface area contributed by atoms with Crippen LogP contribution in [0, 0.1) is 5.92 Å². The molecule has 2 fully saturated rings. The summed E-state index contributed by atoms with van der Waals surface area (Å²) in [6.07, 6.45) is 7.00. The fourth-order valence-electron chi connectivity index (χ4n) is 4.47. The van der Waals surface area contributed by atoms with Gasteiger partial charge < -0.3 is 20.7 Å². The molecule has 1 heterocycles. The summed E-state index contributed by atoms with van der Waals surface area (Å²) in [5.41, 5.74) is 7.14. The maximum Gasteiger partial charge on any atom is 0.243 e. The molecule has 1 saturated carbocycles. The van der Waals surface area contributed by atoms with E-state index < -0.39 is 12.1 Å². The summed E-state index contributed by atoms with van der Waals surface area (Å²) in [7, 11) is 0. The van der Waals surface area contributed by atoms with Gasteiger partial charge in [-0.3, -0.25) is 9.59 Å². The molecule has 3 N–H and O–H groups in total. The Labute approximate surface area is 178 Å². The average Bonchev–Trinajstić information content (AvgIpc) is 3.23. The van der Waals surface area contributed by atoms with Gasteiger partial charge in [-0.05, 0) is 56.7 Å². The molecule has 0 radical (unpaired) electrons. The highest BCUT2D eigenvalue weighted by atomic mass is 35.5. The summed E-state index contributed by atoms with van der Waals surface area (Å²) < 4.78 is 5.62. The van der Waals surface area contributed by atoms with Crippen molar-refractivity contribution in [2.75, 3.05) is 13.2 Å². The van der Waals surface area contributed by atoms with Crippen molar-refractivity contribution in [3.8, 4) is 5.75 Å². The number of benzene rings is 1. The molecule has 2 atom stereocenters. The number of rotatable bonds is 7. The third-order valence-electron chi connectivity index (χ3n) is 6.06. The molecule has 1 aromatic carbocycles. The second-order valence-electron chi connectivity index (χ2n) is 8.02. The molecule has 1 aromatic rings. The Kier molecular flexibility index (Phi) is 7.78.